The summed E-state index contributed by atoms with van der Waals surface area (Å²) in [4.78, 5) is 5.42. The SMILES string of the molecule is C[C@](O)(c1ncc(N)[nH]1)C(F)(F)F. The predicted octanol–water partition coefficient (Wildman–Crippen LogP) is 0.762. The van der Waals surface area contributed by atoms with Crippen LogP contribution in [0.5, 0.6) is 0 Å². The molecule has 4 N–H and O–H groups in total. The van der Waals surface area contributed by atoms with E-state index >= 15 is 0 Å². The summed E-state index contributed by atoms with van der Waals surface area (Å²) >= 11 is 0. The Morgan fingerprint density at radius 2 is 2.08 bits per heavy atom. The second kappa shape index (κ2) is 2.63. The second-order valence-electron chi connectivity index (χ2n) is 2.76. The van der Waals surface area contributed by atoms with E-state index in [9.17, 15) is 13.2 Å². The minimum atomic E-state index is -4.78. The quantitative estimate of drug-likeness (QED) is 0.619. The van der Waals surface area contributed by atoms with Gasteiger partial charge in [0.05, 0.1) is 6.20 Å². The van der Waals surface area contributed by atoms with E-state index in [1.807, 2.05) is 0 Å². The fourth-order valence-corrected chi connectivity index (χ4v) is 0.717. The molecule has 0 aromatic carbocycles. The van der Waals surface area contributed by atoms with Gasteiger partial charge in [0.25, 0.3) is 0 Å². The molecule has 0 unspecified atom stereocenters. The van der Waals surface area contributed by atoms with Gasteiger partial charge in [-0.3, -0.25) is 0 Å². The molecular weight excluding hydrogens is 187 g/mol. The maximum absolute atomic E-state index is 12.2. The molecule has 1 rings (SSSR count). The van der Waals surface area contributed by atoms with Crippen molar-refractivity contribution >= 4 is 5.82 Å². The van der Waals surface area contributed by atoms with Crippen LogP contribution >= 0.6 is 0 Å². The Bertz CT molecular complexity index is 304. The smallest absolute Gasteiger partial charge is 0.384 e. The number of nitrogens with one attached hydrogen (secondary N) is 1. The molecule has 0 saturated carbocycles. The first kappa shape index (κ1) is 9.85. The molecule has 0 bridgehead atoms. The zero-order valence-corrected chi connectivity index (χ0v) is 6.68. The molecule has 0 saturated heterocycles. The highest BCUT2D eigenvalue weighted by Gasteiger charge is 2.53. The highest BCUT2D eigenvalue weighted by atomic mass is 19.4. The van der Waals surface area contributed by atoms with Crippen LogP contribution in [-0.2, 0) is 5.60 Å². The summed E-state index contributed by atoms with van der Waals surface area (Å²) in [6.07, 6.45) is -3.77. The number of alkyl halides is 3. The number of aliphatic hydroxyl groups is 1. The zero-order valence-electron chi connectivity index (χ0n) is 6.68. The van der Waals surface area contributed by atoms with Crippen molar-refractivity contribution in [3.05, 3.63) is 12.0 Å². The minimum absolute atomic E-state index is 0.0282. The first-order valence-electron chi connectivity index (χ1n) is 3.35. The van der Waals surface area contributed by atoms with Gasteiger partial charge in [0.2, 0.25) is 5.60 Å². The van der Waals surface area contributed by atoms with E-state index in [0.717, 1.165) is 6.20 Å². The highest BCUT2D eigenvalue weighted by molar-refractivity contribution is 5.26. The van der Waals surface area contributed by atoms with Crippen LogP contribution in [0.4, 0.5) is 19.0 Å². The molecule has 1 heterocycles. The normalized spacial score (nSPS) is 17.0. The largest absolute Gasteiger partial charge is 0.424 e. The number of H-pyrrole nitrogens is 1. The first-order valence-corrected chi connectivity index (χ1v) is 3.35. The van der Waals surface area contributed by atoms with Crippen LogP contribution in [0.15, 0.2) is 6.20 Å². The molecule has 1 aromatic heterocycles. The van der Waals surface area contributed by atoms with Gasteiger partial charge < -0.3 is 15.8 Å². The summed E-state index contributed by atoms with van der Waals surface area (Å²) in [6, 6.07) is 0. The molecule has 0 aliphatic carbocycles. The van der Waals surface area contributed by atoms with Gasteiger partial charge >= 0.3 is 6.18 Å². The zero-order chi connectivity index (χ0) is 10.3. The number of imidazole rings is 1. The van der Waals surface area contributed by atoms with Crippen LogP contribution in [-0.4, -0.2) is 21.3 Å². The van der Waals surface area contributed by atoms with Crippen molar-refractivity contribution in [3.8, 4) is 0 Å². The molecule has 1 atom stereocenters. The van der Waals surface area contributed by atoms with Gasteiger partial charge in [0, 0.05) is 0 Å². The number of aromatic amines is 1. The summed E-state index contributed by atoms with van der Waals surface area (Å²) in [7, 11) is 0. The van der Waals surface area contributed by atoms with Crippen LogP contribution < -0.4 is 5.73 Å². The average molecular weight is 195 g/mol. The fourth-order valence-electron chi connectivity index (χ4n) is 0.717. The van der Waals surface area contributed by atoms with Crippen molar-refractivity contribution in [2.45, 2.75) is 18.7 Å². The van der Waals surface area contributed by atoms with E-state index in [4.69, 9.17) is 10.8 Å². The molecule has 74 valence electrons. The first-order chi connectivity index (χ1) is 5.75. The number of halogens is 3. The van der Waals surface area contributed by atoms with Crippen molar-refractivity contribution in [2.24, 2.45) is 0 Å². The molecule has 0 radical (unpaired) electrons. The molecule has 0 aliphatic heterocycles. The Morgan fingerprint density at radius 1 is 1.54 bits per heavy atom. The third-order valence-corrected chi connectivity index (χ3v) is 1.61. The Labute approximate surface area is 71.6 Å². The number of nitrogens with two attached hydrogens (primary N) is 1. The summed E-state index contributed by atoms with van der Waals surface area (Å²) in [5, 5.41) is 9.06. The molecule has 13 heavy (non-hydrogen) atoms. The van der Waals surface area contributed by atoms with Crippen LogP contribution in [0.25, 0.3) is 0 Å². The van der Waals surface area contributed by atoms with E-state index in [2.05, 4.69) is 9.97 Å². The van der Waals surface area contributed by atoms with Crippen LogP contribution in [0.1, 0.15) is 12.7 Å². The van der Waals surface area contributed by atoms with Crippen molar-refractivity contribution in [2.75, 3.05) is 5.73 Å². The maximum atomic E-state index is 12.2. The van der Waals surface area contributed by atoms with E-state index in [0.29, 0.717) is 6.92 Å². The Kier molecular flexibility index (Phi) is 1.99. The molecule has 7 heteroatoms. The van der Waals surface area contributed by atoms with Crippen molar-refractivity contribution in [1.82, 2.24) is 9.97 Å². The summed E-state index contributed by atoms with van der Waals surface area (Å²) < 4.78 is 36.5. The standard InChI is InChI=1S/C6H8F3N3O/c1-5(13,6(7,8)9)4-11-2-3(10)12-4/h2,13H,10H2,1H3,(H,11,12)/t5-/m0/s1. The lowest BCUT2D eigenvalue weighted by molar-refractivity contribution is -0.261. The lowest BCUT2D eigenvalue weighted by atomic mass is 10.1. The number of rotatable bonds is 1. The Hall–Kier alpha value is -1.24. The molecule has 0 amide bonds. The second-order valence-corrected chi connectivity index (χ2v) is 2.76. The van der Waals surface area contributed by atoms with Gasteiger partial charge in [-0.2, -0.15) is 13.2 Å². The topological polar surface area (TPSA) is 74.9 Å². The Balaban J connectivity index is 3.07. The third kappa shape index (κ3) is 1.59. The number of anilines is 1. The predicted molar refractivity (Wildman–Crippen MR) is 38.6 cm³/mol. The maximum Gasteiger partial charge on any atom is 0.424 e. The molecule has 0 aliphatic rings. The highest BCUT2D eigenvalue weighted by Crippen LogP contribution is 2.36. The number of hydrogen-bond donors (Lipinski definition) is 3. The summed E-state index contributed by atoms with van der Waals surface area (Å²) in [5.41, 5.74) is 2.13. The van der Waals surface area contributed by atoms with Gasteiger partial charge in [-0.15, -0.1) is 0 Å². The van der Waals surface area contributed by atoms with Crippen LogP contribution in [0.3, 0.4) is 0 Å². The summed E-state index contributed by atoms with van der Waals surface area (Å²) in [5.74, 6) is -0.642. The number of nitrogen functional groups attached to an aromatic ring is 1. The van der Waals surface area contributed by atoms with Crippen molar-refractivity contribution in [1.29, 1.82) is 0 Å². The number of nitrogens with zero attached hydrogens (tertiary/aromatic N) is 1. The van der Waals surface area contributed by atoms with Crippen LogP contribution in [0, 0.1) is 0 Å². The molecule has 0 fully saturated rings. The lowest BCUT2D eigenvalue weighted by Crippen LogP contribution is -2.40. The van der Waals surface area contributed by atoms with E-state index in [1.165, 1.54) is 0 Å². The van der Waals surface area contributed by atoms with Gasteiger partial charge in [-0.1, -0.05) is 0 Å². The Morgan fingerprint density at radius 3 is 2.38 bits per heavy atom. The van der Waals surface area contributed by atoms with Gasteiger partial charge in [0.15, 0.2) is 0 Å². The third-order valence-electron chi connectivity index (χ3n) is 1.61. The number of aromatic nitrogens is 2. The minimum Gasteiger partial charge on any atom is -0.384 e. The molecule has 4 nitrogen and oxygen atoms in total. The molecule has 1 aromatic rings. The fraction of sp³-hybridized carbons (Fsp3) is 0.500. The van der Waals surface area contributed by atoms with E-state index < -0.39 is 17.6 Å². The van der Waals surface area contributed by atoms with Crippen molar-refractivity contribution < 1.29 is 18.3 Å². The van der Waals surface area contributed by atoms with E-state index in [-0.39, 0.29) is 5.82 Å². The average Bonchev–Trinajstić information content (AvgIpc) is 2.33. The van der Waals surface area contributed by atoms with Crippen molar-refractivity contribution in [3.63, 3.8) is 0 Å². The van der Waals surface area contributed by atoms with Gasteiger partial charge in [-0.25, -0.2) is 4.98 Å². The van der Waals surface area contributed by atoms with Gasteiger partial charge in [-0.05, 0) is 6.92 Å². The molecular formula is C6H8F3N3O. The van der Waals surface area contributed by atoms with Crippen LogP contribution in [0.2, 0.25) is 0 Å². The molecule has 0 spiro atoms. The summed E-state index contributed by atoms with van der Waals surface area (Å²) in [6.45, 7) is 0.602. The van der Waals surface area contributed by atoms with E-state index in [1.54, 1.807) is 0 Å². The number of hydrogen-bond acceptors (Lipinski definition) is 3. The lowest BCUT2D eigenvalue weighted by Gasteiger charge is -2.23. The van der Waals surface area contributed by atoms with Gasteiger partial charge in [0.1, 0.15) is 11.6 Å². The monoisotopic (exact) mass is 195 g/mol.